The Hall–Kier alpha value is -3.18. The fourth-order valence-corrected chi connectivity index (χ4v) is 4.53. The molecule has 8 nitrogen and oxygen atoms in total. The van der Waals surface area contributed by atoms with Crippen molar-refractivity contribution in [1.82, 2.24) is 19.3 Å². The van der Waals surface area contributed by atoms with Crippen molar-refractivity contribution in [3.05, 3.63) is 66.6 Å². The molecular weight excluding hydrogens is 414 g/mol. The van der Waals surface area contributed by atoms with Crippen molar-refractivity contribution in [2.75, 3.05) is 36.4 Å². The van der Waals surface area contributed by atoms with E-state index >= 15 is 0 Å². The van der Waals surface area contributed by atoms with Crippen LogP contribution in [0.3, 0.4) is 0 Å². The van der Waals surface area contributed by atoms with Crippen LogP contribution in [0.25, 0.3) is 0 Å². The van der Waals surface area contributed by atoms with Gasteiger partial charge < -0.3 is 10.2 Å². The van der Waals surface area contributed by atoms with Crippen LogP contribution < -0.4 is 10.2 Å². The van der Waals surface area contributed by atoms with Crippen molar-refractivity contribution in [2.45, 2.75) is 4.90 Å². The van der Waals surface area contributed by atoms with Crippen molar-refractivity contribution in [2.24, 2.45) is 0 Å². The smallest absolute Gasteiger partial charge is 0.243 e. The molecule has 0 amide bonds. The van der Waals surface area contributed by atoms with Crippen LogP contribution in [-0.4, -0.2) is 53.9 Å². The van der Waals surface area contributed by atoms with Gasteiger partial charge in [-0.05, 0) is 30.3 Å². The molecule has 0 unspecified atom stereocenters. The molecule has 4 rings (SSSR count). The zero-order valence-corrected chi connectivity index (χ0v) is 16.6. The first-order valence-electron chi connectivity index (χ1n) is 9.14. The van der Waals surface area contributed by atoms with Crippen LogP contribution in [-0.2, 0) is 10.0 Å². The highest BCUT2D eigenvalue weighted by molar-refractivity contribution is 7.89. The Balaban J connectivity index is 1.44. The number of nitrogens with one attached hydrogen (secondary N) is 1. The van der Waals surface area contributed by atoms with Gasteiger partial charge in [-0.2, -0.15) is 4.31 Å². The van der Waals surface area contributed by atoms with Crippen LogP contribution >= 0.6 is 0 Å². The summed E-state index contributed by atoms with van der Waals surface area (Å²) in [5.41, 5.74) is 0. The first-order chi connectivity index (χ1) is 14.4. The van der Waals surface area contributed by atoms with Crippen molar-refractivity contribution >= 4 is 27.5 Å². The largest absolute Gasteiger partial charge is 0.354 e. The summed E-state index contributed by atoms with van der Waals surface area (Å²) in [6.07, 6.45) is 3.09. The number of rotatable bonds is 5. The average Bonchev–Trinajstić information content (AvgIpc) is 2.76. The molecule has 1 aromatic carbocycles. The van der Waals surface area contributed by atoms with E-state index in [4.69, 9.17) is 0 Å². The molecule has 2 aromatic heterocycles. The summed E-state index contributed by atoms with van der Waals surface area (Å²) < 4.78 is 53.3. The monoisotopic (exact) mass is 432 g/mol. The molecule has 0 saturated carbocycles. The first kappa shape index (κ1) is 20.1. The second kappa shape index (κ2) is 8.28. The summed E-state index contributed by atoms with van der Waals surface area (Å²) in [7, 11) is -3.91. The Bertz CT molecular complexity index is 1140. The van der Waals surface area contributed by atoms with Crippen molar-refractivity contribution < 1.29 is 17.2 Å². The third kappa shape index (κ3) is 4.21. The molecule has 30 heavy (non-hydrogen) atoms. The molecule has 1 saturated heterocycles. The fourth-order valence-electron chi connectivity index (χ4n) is 3.10. The van der Waals surface area contributed by atoms with Gasteiger partial charge in [0.15, 0.2) is 11.6 Å². The molecule has 0 bridgehead atoms. The Morgan fingerprint density at radius 1 is 0.867 bits per heavy atom. The van der Waals surface area contributed by atoms with E-state index in [1.807, 2.05) is 23.1 Å². The first-order valence-corrected chi connectivity index (χ1v) is 10.6. The molecule has 0 radical (unpaired) electrons. The summed E-state index contributed by atoms with van der Waals surface area (Å²) in [4.78, 5) is 14.3. The number of aromatic nitrogens is 3. The summed E-state index contributed by atoms with van der Waals surface area (Å²) in [5, 5.41) is 3.09. The predicted octanol–water partition coefficient (Wildman–Crippen LogP) is 2.40. The molecule has 0 atom stereocenters. The predicted molar refractivity (Wildman–Crippen MR) is 107 cm³/mol. The van der Waals surface area contributed by atoms with Gasteiger partial charge in [0.25, 0.3) is 0 Å². The number of anilines is 3. The Morgan fingerprint density at radius 2 is 1.67 bits per heavy atom. The number of halogens is 2. The van der Waals surface area contributed by atoms with Gasteiger partial charge in [0.1, 0.15) is 23.8 Å². The van der Waals surface area contributed by atoms with E-state index in [0.29, 0.717) is 36.6 Å². The number of pyridine rings is 1. The number of hydrogen-bond acceptors (Lipinski definition) is 7. The van der Waals surface area contributed by atoms with Crippen LogP contribution in [0.15, 0.2) is 59.9 Å². The maximum Gasteiger partial charge on any atom is 0.243 e. The van der Waals surface area contributed by atoms with Crippen LogP contribution in [0.2, 0.25) is 0 Å². The minimum absolute atomic E-state index is 0.189. The topological polar surface area (TPSA) is 91.3 Å². The van der Waals surface area contributed by atoms with E-state index in [-0.39, 0.29) is 18.0 Å². The van der Waals surface area contributed by atoms with Gasteiger partial charge in [-0.25, -0.2) is 32.2 Å². The van der Waals surface area contributed by atoms with Gasteiger partial charge in [-0.15, -0.1) is 0 Å². The molecule has 156 valence electrons. The third-order valence-electron chi connectivity index (χ3n) is 4.67. The summed E-state index contributed by atoms with van der Waals surface area (Å²) in [6, 6.07) is 9.82. The van der Waals surface area contributed by atoms with Crippen LogP contribution in [0.1, 0.15) is 0 Å². The zero-order chi connectivity index (χ0) is 21.1. The summed E-state index contributed by atoms with van der Waals surface area (Å²) >= 11 is 0. The average molecular weight is 432 g/mol. The van der Waals surface area contributed by atoms with Crippen LogP contribution in [0.4, 0.5) is 26.2 Å². The molecule has 0 aliphatic carbocycles. The minimum atomic E-state index is -3.91. The lowest BCUT2D eigenvalue weighted by Gasteiger charge is -2.34. The number of nitrogens with zero attached hydrogens (tertiary/aromatic N) is 5. The maximum absolute atomic E-state index is 13.5. The maximum atomic E-state index is 13.5. The number of sulfonamides is 1. The number of piperazine rings is 1. The Labute approximate surface area is 172 Å². The molecule has 3 heterocycles. The van der Waals surface area contributed by atoms with E-state index in [9.17, 15) is 17.2 Å². The molecule has 1 aliphatic heterocycles. The van der Waals surface area contributed by atoms with Crippen LogP contribution in [0.5, 0.6) is 0 Å². The molecule has 1 fully saturated rings. The van der Waals surface area contributed by atoms with Gasteiger partial charge in [0.2, 0.25) is 10.0 Å². The SMILES string of the molecule is O=S(=O)(c1ccc(F)c(F)c1)N1CCN(c2cc(Nc3ccccn3)ncn2)CC1. The van der Waals surface area contributed by atoms with Gasteiger partial charge in [-0.1, -0.05) is 6.07 Å². The van der Waals surface area contributed by atoms with Crippen molar-refractivity contribution in [1.29, 1.82) is 0 Å². The van der Waals surface area contributed by atoms with E-state index < -0.39 is 21.7 Å². The van der Waals surface area contributed by atoms with E-state index in [1.54, 1.807) is 12.3 Å². The lowest BCUT2D eigenvalue weighted by atomic mass is 10.3. The second-order valence-corrected chi connectivity index (χ2v) is 8.51. The molecule has 11 heteroatoms. The summed E-state index contributed by atoms with van der Waals surface area (Å²) in [5.74, 6) is -0.422. The third-order valence-corrected chi connectivity index (χ3v) is 6.56. The van der Waals surface area contributed by atoms with Gasteiger partial charge in [0.05, 0.1) is 4.90 Å². The molecule has 0 spiro atoms. The van der Waals surface area contributed by atoms with Crippen molar-refractivity contribution in [3.63, 3.8) is 0 Å². The Morgan fingerprint density at radius 3 is 2.37 bits per heavy atom. The zero-order valence-electron chi connectivity index (χ0n) is 15.7. The van der Waals surface area contributed by atoms with Crippen LogP contribution in [0, 0.1) is 11.6 Å². The fraction of sp³-hybridized carbons (Fsp3) is 0.211. The minimum Gasteiger partial charge on any atom is -0.354 e. The standard InChI is InChI=1S/C19H18F2N6O2S/c20-15-5-4-14(11-16(15)21)30(28,29)27-9-7-26(8-10-27)19-12-18(23-13-24-19)25-17-3-1-2-6-22-17/h1-6,11-13H,7-10H2,(H,22,23,24,25). The highest BCUT2D eigenvalue weighted by Crippen LogP contribution is 2.23. The highest BCUT2D eigenvalue weighted by atomic mass is 32.2. The van der Waals surface area contributed by atoms with Crippen molar-refractivity contribution in [3.8, 4) is 0 Å². The van der Waals surface area contributed by atoms with E-state index in [0.717, 1.165) is 12.1 Å². The highest BCUT2D eigenvalue weighted by Gasteiger charge is 2.29. The molecule has 3 aromatic rings. The number of benzene rings is 1. The normalized spacial score (nSPS) is 15.2. The molecule has 1 aliphatic rings. The van der Waals surface area contributed by atoms with Gasteiger partial charge >= 0.3 is 0 Å². The number of hydrogen-bond donors (Lipinski definition) is 1. The summed E-state index contributed by atoms with van der Waals surface area (Å²) in [6.45, 7) is 1.16. The van der Waals surface area contributed by atoms with Gasteiger partial charge in [0, 0.05) is 38.4 Å². The molecular formula is C19H18F2N6O2S. The Kier molecular flexibility index (Phi) is 5.55. The van der Waals surface area contributed by atoms with E-state index in [1.165, 1.54) is 10.6 Å². The van der Waals surface area contributed by atoms with Gasteiger partial charge in [-0.3, -0.25) is 0 Å². The molecule has 1 N–H and O–H groups in total. The quantitative estimate of drug-likeness (QED) is 0.662. The lowest BCUT2D eigenvalue weighted by Crippen LogP contribution is -2.49. The van der Waals surface area contributed by atoms with E-state index in [2.05, 4.69) is 20.3 Å². The second-order valence-electron chi connectivity index (χ2n) is 6.57. The lowest BCUT2D eigenvalue weighted by molar-refractivity contribution is 0.383.